The maximum absolute atomic E-state index is 12.2. The second-order valence-corrected chi connectivity index (χ2v) is 14.2. The van der Waals surface area contributed by atoms with Crippen LogP contribution in [0, 0.1) is 11.8 Å². The molecule has 4 rings (SSSR count). The van der Waals surface area contributed by atoms with Gasteiger partial charge < -0.3 is 20.0 Å². The fourth-order valence-electron chi connectivity index (χ4n) is 3.12. The van der Waals surface area contributed by atoms with Crippen molar-refractivity contribution in [1.29, 1.82) is 0 Å². The number of aliphatic hydroxyl groups is 2. The molecule has 8 heteroatoms. The van der Waals surface area contributed by atoms with E-state index in [1.807, 2.05) is 24.3 Å². The zero-order valence-electron chi connectivity index (χ0n) is 23.0. The van der Waals surface area contributed by atoms with Crippen molar-refractivity contribution in [2.24, 2.45) is 0 Å². The minimum Gasteiger partial charge on any atom is -0.378 e. The zero-order chi connectivity index (χ0) is 29.9. The molecule has 0 bridgehead atoms. The maximum atomic E-state index is 12.2. The van der Waals surface area contributed by atoms with Gasteiger partial charge >= 0.3 is 0 Å². The van der Waals surface area contributed by atoms with Crippen LogP contribution in [0.1, 0.15) is 27.7 Å². The Kier molecular flexibility index (Phi) is 11.9. The van der Waals surface area contributed by atoms with Crippen molar-refractivity contribution >= 4 is 36.0 Å². The Morgan fingerprint density at radius 3 is 0.775 bits per heavy atom. The predicted octanol–water partition coefficient (Wildman–Crippen LogP) is 4.35. The predicted molar refractivity (Wildman–Crippen MR) is 164 cm³/mol. The topological polar surface area (TPSA) is 115 Å². The molecule has 0 aliphatic heterocycles. The van der Waals surface area contributed by atoms with Crippen LogP contribution in [0.4, 0.5) is 0 Å². The van der Waals surface area contributed by atoms with Gasteiger partial charge in [0.15, 0.2) is 0 Å². The molecule has 0 atom stereocenters. The summed E-state index contributed by atoms with van der Waals surface area (Å²) in [4.78, 5) is 20.0. The molecule has 0 aliphatic carbocycles. The number of rotatable bonds is 4. The molecule has 4 aromatic carbocycles. The molecule has 4 N–H and O–H groups in total. The van der Waals surface area contributed by atoms with E-state index in [1.54, 1.807) is 125 Å². The summed E-state index contributed by atoms with van der Waals surface area (Å²) in [6, 6.07) is 34.8. The smallest absolute Gasteiger partial charge is 0.258 e. The molecule has 0 aliphatic rings. The summed E-state index contributed by atoms with van der Waals surface area (Å²) in [5, 5.41) is 20.1. The van der Waals surface area contributed by atoms with E-state index in [9.17, 15) is 18.9 Å². The van der Waals surface area contributed by atoms with Gasteiger partial charge in [0.25, 0.3) is 14.7 Å². The molecule has 6 nitrogen and oxygen atoms in total. The van der Waals surface area contributed by atoms with E-state index >= 15 is 0 Å². The summed E-state index contributed by atoms with van der Waals surface area (Å²) in [5.41, 5.74) is -2.03. The van der Waals surface area contributed by atoms with Gasteiger partial charge in [-0.1, -0.05) is 84.6 Å². The Morgan fingerprint density at radius 1 is 0.450 bits per heavy atom. The molecule has 0 radical (unpaired) electrons. The molecular formula is C32H36O6P2. The van der Waals surface area contributed by atoms with Gasteiger partial charge in [-0.15, -0.1) is 0 Å². The highest BCUT2D eigenvalue weighted by molar-refractivity contribution is 7.73. The fraction of sp³-hybridized carbons (Fsp3) is 0.188. The van der Waals surface area contributed by atoms with Gasteiger partial charge in [-0.2, -0.15) is 0 Å². The Morgan fingerprint density at radius 2 is 0.625 bits per heavy atom. The standard InChI is InChI=1S/2C12H11O2P.C8H14O2/c2*13-15(14,11-7-3-1-4-8-11)12-9-5-2-6-10-12;1-7(2,9)5-6-8(3,4)10/h2*1-10H,(H,13,14);9-10H,1-4H3. The van der Waals surface area contributed by atoms with E-state index in [1.165, 1.54) is 0 Å². The van der Waals surface area contributed by atoms with Gasteiger partial charge in [-0.25, -0.2) is 0 Å². The van der Waals surface area contributed by atoms with Crippen LogP contribution < -0.4 is 21.2 Å². The summed E-state index contributed by atoms with van der Waals surface area (Å²) in [6.07, 6.45) is 0. The first kappa shape index (κ1) is 32.9. The molecular weight excluding hydrogens is 542 g/mol. The van der Waals surface area contributed by atoms with Gasteiger partial charge in [-0.05, 0) is 76.2 Å². The molecule has 4 aromatic rings. The lowest BCUT2D eigenvalue weighted by atomic mass is 10.1. The van der Waals surface area contributed by atoms with Crippen LogP contribution in [0.3, 0.4) is 0 Å². The quantitative estimate of drug-likeness (QED) is 0.212. The van der Waals surface area contributed by atoms with Crippen LogP contribution in [0.2, 0.25) is 0 Å². The largest absolute Gasteiger partial charge is 0.378 e. The Balaban J connectivity index is 0.000000216. The molecule has 0 unspecified atom stereocenters. The van der Waals surface area contributed by atoms with Crippen molar-refractivity contribution < 1.29 is 29.1 Å². The highest BCUT2D eigenvalue weighted by atomic mass is 31.2. The van der Waals surface area contributed by atoms with Crippen molar-refractivity contribution in [3.05, 3.63) is 121 Å². The van der Waals surface area contributed by atoms with E-state index in [2.05, 4.69) is 11.8 Å². The van der Waals surface area contributed by atoms with Crippen molar-refractivity contribution in [3.63, 3.8) is 0 Å². The van der Waals surface area contributed by atoms with Crippen LogP contribution >= 0.6 is 14.7 Å². The van der Waals surface area contributed by atoms with Crippen molar-refractivity contribution in [3.8, 4) is 11.8 Å². The average molecular weight is 579 g/mol. The van der Waals surface area contributed by atoms with Crippen molar-refractivity contribution in [2.75, 3.05) is 0 Å². The van der Waals surface area contributed by atoms with Gasteiger partial charge in [-0.3, -0.25) is 9.13 Å². The van der Waals surface area contributed by atoms with Crippen LogP contribution in [0.25, 0.3) is 0 Å². The second kappa shape index (κ2) is 14.4. The van der Waals surface area contributed by atoms with Crippen LogP contribution in [0.5, 0.6) is 0 Å². The lowest BCUT2D eigenvalue weighted by Crippen LogP contribution is -2.20. The van der Waals surface area contributed by atoms with Gasteiger partial charge in [0.1, 0.15) is 11.2 Å². The van der Waals surface area contributed by atoms with E-state index in [4.69, 9.17) is 10.2 Å². The normalized spacial score (nSPS) is 11.5. The third-order valence-electron chi connectivity index (χ3n) is 5.10. The average Bonchev–Trinajstić information content (AvgIpc) is 2.94. The monoisotopic (exact) mass is 578 g/mol. The molecule has 0 aromatic heterocycles. The summed E-state index contributed by atoms with van der Waals surface area (Å²) in [5.74, 6) is 5.03. The minimum atomic E-state index is -3.40. The van der Waals surface area contributed by atoms with Gasteiger partial charge in [0.05, 0.1) is 0 Å². The number of hydrogen-bond donors (Lipinski definition) is 4. The van der Waals surface area contributed by atoms with Crippen molar-refractivity contribution in [2.45, 2.75) is 38.9 Å². The van der Waals surface area contributed by atoms with Gasteiger partial charge in [0.2, 0.25) is 0 Å². The molecule has 0 heterocycles. The second-order valence-electron chi connectivity index (χ2n) is 9.86. The molecule has 0 spiro atoms. The van der Waals surface area contributed by atoms with Crippen LogP contribution in [-0.2, 0) is 9.13 Å². The highest BCUT2D eigenvalue weighted by Crippen LogP contribution is 2.38. The van der Waals surface area contributed by atoms with E-state index in [-0.39, 0.29) is 0 Å². The minimum absolute atomic E-state index is 0.469. The number of benzene rings is 4. The van der Waals surface area contributed by atoms with E-state index < -0.39 is 25.9 Å². The Hall–Kier alpha value is -3.26. The first-order valence-corrected chi connectivity index (χ1v) is 15.8. The first-order valence-electron chi connectivity index (χ1n) is 12.5. The van der Waals surface area contributed by atoms with Crippen molar-refractivity contribution in [1.82, 2.24) is 0 Å². The third-order valence-corrected chi connectivity index (χ3v) is 9.09. The molecule has 0 amide bonds. The lowest BCUT2D eigenvalue weighted by molar-refractivity contribution is 0.131. The molecule has 40 heavy (non-hydrogen) atoms. The first-order chi connectivity index (χ1) is 18.6. The zero-order valence-corrected chi connectivity index (χ0v) is 24.8. The number of hydrogen-bond acceptors (Lipinski definition) is 4. The highest BCUT2D eigenvalue weighted by Gasteiger charge is 2.23. The summed E-state index contributed by atoms with van der Waals surface area (Å²) in [7, 11) is -6.79. The molecule has 0 saturated heterocycles. The third kappa shape index (κ3) is 11.1. The molecule has 210 valence electrons. The lowest BCUT2D eigenvalue weighted by Gasteiger charge is -2.11. The molecule has 0 saturated carbocycles. The van der Waals surface area contributed by atoms with Gasteiger partial charge in [0, 0.05) is 21.2 Å². The maximum Gasteiger partial charge on any atom is 0.258 e. The fourth-order valence-corrected chi connectivity index (χ4v) is 6.03. The van der Waals surface area contributed by atoms with E-state index in [0.717, 1.165) is 0 Å². The SMILES string of the molecule is CC(C)(O)C#CC(C)(C)O.O=P(O)(c1ccccc1)c1ccccc1.O=P(O)(c1ccccc1)c1ccccc1. The Bertz CT molecular complexity index is 1270. The summed E-state index contributed by atoms with van der Waals surface area (Å²) in [6.45, 7) is 6.30. The van der Waals surface area contributed by atoms with E-state index in [0.29, 0.717) is 21.2 Å². The van der Waals surface area contributed by atoms with Crippen LogP contribution in [0.15, 0.2) is 121 Å². The molecule has 0 fully saturated rings. The summed E-state index contributed by atoms with van der Waals surface area (Å²) >= 11 is 0. The van der Waals surface area contributed by atoms with Crippen LogP contribution in [-0.4, -0.2) is 31.2 Å². The summed E-state index contributed by atoms with van der Waals surface area (Å²) < 4.78 is 24.3. The Labute approximate surface area is 236 Å².